The second-order valence-corrected chi connectivity index (χ2v) is 6.14. The monoisotopic (exact) mass is 280 g/mol. The molecule has 0 aromatic heterocycles. The zero-order valence-electron chi connectivity index (χ0n) is 12.9. The number of rotatable bonds is 5. The second-order valence-electron chi connectivity index (χ2n) is 6.14. The second kappa shape index (κ2) is 6.31. The van der Waals surface area contributed by atoms with Gasteiger partial charge in [0.25, 0.3) is 0 Å². The van der Waals surface area contributed by atoms with E-state index < -0.39 is 0 Å². The average Bonchev–Trinajstić information content (AvgIpc) is 2.94. The highest BCUT2D eigenvalue weighted by molar-refractivity contribution is 5.56. The molecular formula is C19H24N2. The van der Waals surface area contributed by atoms with E-state index >= 15 is 0 Å². The van der Waals surface area contributed by atoms with Gasteiger partial charge in [0.15, 0.2) is 0 Å². The number of benzene rings is 2. The van der Waals surface area contributed by atoms with Crippen molar-refractivity contribution in [2.45, 2.75) is 39.3 Å². The minimum atomic E-state index is 0.485. The highest BCUT2D eigenvalue weighted by Gasteiger charge is 2.11. The third-order valence-electron chi connectivity index (χ3n) is 4.20. The summed E-state index contributed by atoms with van der Waals surface area (Å²) in [7, 11) is 0. The standard InChI is InChI=1S/C19H24N2/c1-14-3-5-16(6-4-14)13-21-15(2)11-17-7-8-19-18(12-17)9-10-20-19/h3-8,12,15,20-21H,9-11,13H2,1-2H3. The Morgan fingerprint density at radius 3 is 2.67 bits per heavy atom. The van der Waals surface area contributed by atoms with Crippen molar-refractivity contribution < 1.29 is 0 Å². The summed E-state index contributed by atoms with van der Waals surface area (Å²) in [5.41, 5.74) is 6.89. The molecule has 0 fully saturated rings. The van der Waals surface area contributed by atoms with E-state index in [1.807, 2.05) is 0 Å². The highest BCUT2D eigenvalue weighted by atomic mass is 14.9. The van der Waals surface area contributed by atoms with Crippen molar-refractivity contribution in [2.24, 2.45) is 0 Å². The maximum Gasteiger partial charge on any atom is 0.0373 e. The predicted molar refractivity (Wildman–Crippen MR) is 89.8 cm³/mol. The molecule has 1 unspecified atom stereocenters. The molecule has 2 nitrogen and oxygen atoms in total. The van der Waals surface area contributed by atoms with Crippen LogP contribution in [0.1, 0.15) is 29.2 Å². The van der Waals surface area contributed by atoms with Crippen LogP contribution >= 0.6 is 0 Å². The molecular weight excluding hydrogens is 256 g/mol. The molecule has 0 saturated heterocycles. The van der Waals surface area contributed by atoms with Crippen LogP contribution in [-0.2, 0) is 19.4 Å². The van der Waals surface area contributed by atoms with E-state index in [9.17, 15) is 0 Å². The number of fused-ring (bicyclic) bond motifs is 1. The first-order valence-corrected chi connectivity index (χ1v) is 7.85. The van der Waals surface area contributed by atoms with Crippen molar-refractivity contribution in [3.05, 3.63) is 64.7 Å². The van der Waals surface area contributed by atoms with E-state index in [2.05, 4.69) is 66.9 Å². The lowest BCUT2D eigenvalue weighted by atomic mass is 10.0. The smallest absolute Gasteiger partial charge is 0.0373 e. The molecule has 2 N–H and O–H groups in total. The fourth-order valence-electron chi connectivity index (χ4n) is 2.91. The van der Waals surface area contributed by atoms with Gasteiger partial charge in [0.2, 0.25) is 0 Å². The molecule has 0 amide bonds. The maximum absolute atomic E-state index is 3.62. The van der Waals surface area contributed by atoms with E-state index in [0.29, 0.717) is 6.04 Å². The summed E-state index contributed by atoms with van der Waals surface area (Å²) in [6.07, 6.45) is 2.24. The summed E-state index contributed by atoms with van der Waals surface area (Å²) >= 11 is 0. The molecule has 3 rings (SSSR count). The molecule has 0 aliphatic carbocycles. The number of hydrogen-bond donors (Lipinski definition) is 2. The predicted octanol–water partition coefficient (Wildman–Crippen LogP) is 3.68. The van der Waals surface area contributed by atoms with Gasteiger partial charge in [0.1, 0.15) is 0 Å². The molecule has 0 spiro atoms. The van der Waals surface area contributed by atoms with E-state index in [1.165, 1.54) is 27.9 Å². The summed E-state index contributed by atoms with van der Waals surface area (Å²) < 4.78 is 0. The Morgan fingerprint density at radius 1 is 1.10 bits per heavy atom. The van der Waals surface area contributed by atoms with Gasteiger partial charge < -0.3 is 10.6 Å². The van der Waals surface area contributed by atoms with Gasteiger partial charge in [-0.2, -0.15) is 0 Å². The van der Waals surface area contributed by atoms with E-state index in [1.54, 1.807) is 0 Å². The van der Waals surface area contributed by atoms with Gasteiger partial charge in [-0.3, -0.25) is 0 Å². The van der Waals surface area contributed by atoms with Crippen LogP contribution in [0.2, 0.25) is 0 Å². The summed E-state index contributed by atoms with van der Waals surface area (Å²) in [5, 5.41) is 7.04. The van der Waals surface area contributed by atoms with Crippen LogP contribution in [0, 0.1) is 6.92 Å². The van der Waals surface area contributed by atoms with Crippen molar-refractivity contribution in [1.29, 1.82) is 0 Å². The minimum Gasteiger partial charge on any atom is -0.384 e. The van der Waals surface area contributed by atoms with E-state index in [-0.39, 0.29) is 0 Å². The van der Waals surface area contributed by atoms with Crippen molar-refractivity contribution in [3.63, 3.8) is 0 Å². The SMILES string of the molecule is Cc1ccc(CNC(C)Cc2ccc3c(c2)CCN3)cc1. The lowest BCUT2D eigenvalue weighted by Gasteiger charge is -2.15. The summed E-state index contributed by atoms with van der Waals surface area (Å²) in [5.74, 6) is 0. The van der Waals surface area contributed by atoms with Crippen molar-refractivity contribution in [2.75, 3.05) is 11.9 Å². The van der Waals surface area contributed by atoms with Crippen LogP contribution in [0.15, 0.2) is 42.5 Å². The third-order valence-corrected chi connectivity index (χ3v) is 4.20. The molecule has 0 radical (unpaired) electrons. The largest absolute Gasteiger partial charge is 0.384 e. The van der Waals surface area contributed by atoms with Crippen LogP contribution in [0.5, 0.6) is 0 Å². The first-order chi connectivity index (χ1) is 10.2. The third kappa shape index (κ3) is 3.64. The quantitative estimate of drug-likeness (QED) is 0.873. The molecule has 1 heterocycles. The maximum atomic E-state index is 3.62. The topological polar surface area (TPSA) is 24.1 Å². The molecule has 1 aliphatic rings. The Bertz CT molecular complexity index is 601. The Balaban J connectivity index is 1.54. The Kier molecular flexibility index (Phi) is 4.26. The van der Waals surface area contributed by atoms with E-state index in [0.717, 1.165) is 25.9 Å². The molecule has 2 aromatic rings. The summed E-state index contributed by atoms with van der Waals surface area (Å²) in [6, 6.07) is 16.1. The van der Waals surface area contributed by atoms with Gasteiger partial charge in [-0.1, -0.05) is 42.0 Å². The number of anilines is 1. The fourth-order valence-corrected chi connectivity index (χ4v) is 2.91. The fraction of sp³-hybridized carbons (Fsp3) is 0.368. The normalized spacial score (nSPS) is 14.6. The first kappa shape index (κ1) is 14.2. The summed E-state index contributed by atoms with van der Waals surface area (Å²) in [6.45, 7) is 6.41. The first-order valence-electron chi connectivity index (χ1n) is 7.85. The molecule has 0 bridgehead atoms. The van der Waals surface area contributed by atoms with Crippen molar-refractivity contribution in [3.8, 4) is 0 Å². The number of nitrogens with one attached hydrogen (secondary N) is 2. The van der Waals surface area contributed by atoms with E-state index in [4.69, 9.17) is 0 Å². The number of hydrogen-bond acceptors (Lipinski definition) is 2. The Labute approximate surface area is 127 Å². The molecule has 2 heteroatoms. The van der Waals surface area contributed by atoms with Crippen molar-refractivity contribution >= 4 is 5.69 Å². The number of aryl methyl sites for hydroxylation is 1. The van der Waals surface area contributed by atoms with Gasteiger partial charge >= 0.3 is 0 Å². The van der Waals surface area contributed by atoms with Crippen molar-refractivity contribution in [1.82, 2.24) is 5.32 Å². The van der Waals surface area contributed by atoms with Gasteiger partial charge in [0, 0.05) is 24.8 Å². The van der Waals surface area contributed by atoms with Crippen LogP contribution in [0.4, 0.5) is 5.69 Å². The zero-order chi connectivity index (χ0) is 14.7. The lowest BCUT2D eigenvalue weighted by molar-refractivity contribution is 0.545. The van der Waals surface area contributed by atoms with Crippen LogP contribution in [-0.4, -0.2) is 12.6 Å². The van der Waals surface area contributed by atoms with Crippen LogP contribution in [0.25, 0.3) is 0 Å². The lowest BCUT2D eigenvalue weighted by Crippen LogP contribution is -2.27. The summed E-state index contributed by atoms with van der Waals surface area (Å²) in [4.78, 5) is 0. The molecule has 2 aromatic carbocycles. The zero-order valence-corrected chi connectivity index (χ0v) is 12.9. The van der Waals surface area contributed by atoms with Gasteiger partial charge in [0.05, 0.1) is 0 Å². The van der Waals surface area contributed by atoms with Gasteiger partial charge in [-0.05, 0) is 49.4 Å². The molecule has 110 valence electrons. The van der Waals surface area contributed by atoms with Gasteiger partial charge in [-0.15, -0.1) is 0 Å². The van der Waals surface area contributed by atoms with Gasteiger partial charge in [-0.25, -0.2) is 0 Å². The molecule has 1 atom stereocenters. The minimum absolute atomic E-state index is 0.485. The molecule has 21 heavy (non-hydrogen) atoms. The molecule has 0 saturated carbocycles. The van der Waals surface area contributed by atoms with Crippen LogP contribution < -0.4 is 10.6 Å². The molecule has 1 aliphatic heterocycles. The Hall–Kier alpha value is -1.80. The Morgan fingerprint density at radius 2 is 1.86 bits per heavy atom. The average molecular weight is 280 g/mol. The van der Waals surface area contributed by atoms with Crippen LogP contribution in [0.3, 0.4) is 0 Å². The highest BCUT2D eigenvalue weighted by Crippen LogP contribution is 2.23.